The van der Waals surface area contributed by atoms with Crippen molar-refractivity contribution >= 4 is 5.78 Å². The maximum absolute atomic E-state index is 11.9. The largest absolute Gasteiger partial charge is 0.316 e. The van der Waals surface area contributed by atoms with E-state index in [9.17, 15) is 4.79 Å². The van der Waals surface area contributed by atoms with Crippen molar-refractivity contribution in [2.24, 2.45) is 5.92 Å². The molecule has 0 radical (unpaired) electrons. The Kier molecular flexibility index (Phi) is 4.54. The molecule has 2 nitrogen and oxygen atoms in total. The molecule has 0 aliphatic carbocycles. The third-order valence-electron chi connectivity index (χ3n) is 3.97. The number of ketones is 1. The van der Waals surface area contributed by atoms with Crippen LogP contribution in [0.3, 0.4) is 0 Å². The monoisotopic (exact) mass is 245 g/mol. The van der Waals surface area contributed by atoms with Crippen LogP contribution in [0.25, 0.3) is 0 Å². The van der Waals surface area contributed by atoms with Crippen molar-refractivity contribution in [2.45, 2.75) is 39.5 Å². The summed E-state index contributed by atoms with van der Waals surface area (Å²) in [6.45, 7) is 6.43. The Labute approximate surface area is 110 Å². The third kappa shape index (κ3) is 3.67. The quantitative estimate of drug-likeness (QED) is 0.864. The summed E-state index contributed by atoms with van der Waals surface area (Å²) in [5.41, 5.74) is 3.73. The topological polar surface area (TPSA) is 29.1 Å². The summed E-state index contributed by atoms with van der Waals surface area (Å²) in [4.78, 5) is 11.9. The van der Waals surface area contributed by atoms with E-state index in [4.69, 9.17) is 0 Å². The predicted molar refractivity (Wildman–Crippen MR) is 74.8 cm³/mol. The first-order valence-corrected chi connectivity index (χ1v) is 6.93. The van der Waals surface area contributed by atoms with Crippen LogP contribution in [-0.2, 0) is 11.2 Å². The van der Waals surface area contributed by atoms with Crippen LogP contribution in [0.5, 0.6) is 0 Å². The van der Waals surface area contributed by atoms with E-state index in [1.807, 2.05) is 0 Å². The molecule has 1 saturated heterocycles. The molecule has 0 aromatic heterocycles. The molecule has 1 aliphatic heterocycles. The fourth-order valence-corrected chi connectivity index (χ4v) is 2.56. The Balaban J connectivity index is 1.80. The first-order valence-electron chi connectivity index (χ1n) is 6.93. The van der Waals surface area contributed by atoms with Crippen LogP contribution in [0, 0.1) is 19.8 Å². The van der Waals surface area contributed by atoms with Gasteiger partial charge in [-0.15, -0.1) is 0 Å². The maximum atomic E-state index is 11.9. The zero-order valence-corrected chi connectivity index (χ0v) is 11.5. The number of carbonyl (C=O) groups is 1. The second kappa shape index (κ2) is 6.14. The van der Waals surface area contributed by atoms with E-state index in [1.54, 1.807) is 0 Å². The van der Waals surface area contributed by atoms with Gasteiger partial charge in [0.25, 0.3) is 0 Å². The Morgan fingerprint density at radius 3 is 2.83 bits per heavy atom. The Hall–Kier alpha value is -1.15. The van der Waals surface area contributed by atoms with Gasteiger partial charge in [-0.25, -0.2) is 0 Å². The molecule has 1 aromatic rings. The van der Waals surface area contributed by atoms with Crippen LogP contribution in [-0.4, -0.2) is 18.9 Å². The van der Waals surface area contributed by atoms with Gasteiger partial charge in [-0.1, -0.05) is 18.2 Å². The molecule has 1 N–H and O–H groups in total. The molecular formula is C16H23NO. The van der Waals surface area contributed by atoms with Crippen molar-refractivity contribution in [1.82, 2.24) is 5.32 Å². The Bertz CT molecular complexity index is 419. The van der Waals surface area contributed by atoms with Gasteiger partial charge in [0.05, 0.1) is 0 Å². The van der Waals surface area contributed by atoms with Gasteiger partial charge in [0.1, 0.15) is 5.78 Å². The van der Waals surface area contributed by atoms with Gasteiger partial charge in [0.15, 0.2) is 0 Å². The number of hydrogen-bond acceptors (Lipinski definition) is 2. The molecule has 1 unspecified atom stereocenters. The number of carbonyl (C=O) groups excluding carboxylic acids is 1. The average Bonchev–Trinajstić information content (AvgIpc) is 2.84. The highest BCUT2D eigenvalue weighted by atomic mass is 16.1. The highest BCUT2D eigenvalue weighted by Crippen LogP contribution is 2.16. The molecule has 18 heavy (non-hydrogen) atoms. The number of rotatable bonds is 5. The maximum Gasteiger partial charge on any atom is 0.137 e. The van der Waals surface area contributed by atoms with Crippen molar-refractivity contribution < 1.29 is 4.79 Å². The van der Waals surface area contributed by atoms with Crippen molar-refractivity contribution in [3.05, 3.63) is 34.9 Å². The van der Waals surface area contributed by atoms with Crippen LogP contribution in [0.4, 0.5) is 0 Å². The zero-order valence-electron chi connectivity index (χ0n) is 11.5. The normalized spacial score (nSPS) is 19.1. The van der Waals surface area contributed by atoms with Crippen LogP contribution >= 0.6 is 0 Å². The van der Waals surface area contributed by atoms with Crippen molar-refractivity contribution in [3.63, 3.8) is 0 Å². The number of benzene rings is 1. The predicted octanol–water partition coefficient (Wildman–Crippen LogP) is 2.80. The first-order chi connectivity index (χ1) is 8.65. The van der Waals surface area contributed by atoms with Gasteiger partial charge in [-0.05, 0) is 62.4 Å². The summed E-state index contributed by atoms with van der Waals surface area (Å²) in [6, 6.07) is 6.33. The van der Waals surface area contributed by atoms with Crippen LogP contribution in [0.1, 0.15) is 36.0 Å². The molecule has 1 aromatic carbocycles. The smallest absolute Gasteiger partial charge is 0.137 e. The van der Waals surface area contributed by atoms with E-state index in [0.29, 0.717) is 18.1 Å². The van der Waals surface area contributed by atoms with Gasteiger partial charge in [-0.3, -0.25) is 4.79 Å². The molecule has 0 spiro atoms. The minimum absolute atomic E-state index is 0.380. The van der Waals surface area contributed by atoms with E-state index in [1.165, 1.54) is 17.5 Å². The summed E-state index contributed by atoms with van der Waals surface area (Å²) in [7, 11) is 0. The molecule has 1 fully saturated rings. The lowest BCUT2D eigenvalue weighted by atomic mass is 9.97. The Morgan fingerprint density at radius 2 is 2.17 bits per heavy atom. The molecule has 0 saturated carbocycles. The molecule has 0 bridgehead atoms. The molecule has 2 rings (SSSR count). The van der Waals surface area contributed by atoms with Gasteiger partial charge >= 0.3 is 0 Å². The van der Waals surface area contributed by atoms with Gasteiger partial charge in [-0.2, -0.15) is 0 Å². The molecule has 98 valence electrons. The highest BCUT2D eigenvalue weighted by Gasteiger charge is 2.15. The number of Topliss-reactive ketones (excluding diaryl/α,β-unsaturated/α-hetero) is 1. The summed E-state index contributed by atoms with van der Waals surface area (Å²) >= 11 is 0. The van der Waals surface area contributed by atoms with Crippen LogP contribution in [0.15, 0.2) is 18.2 Å². The highest BCUT2D eigenvalue weighted by molar-refractivity contribution is 5.80. The van der Waals surface area contributed by atoms with E-state index >= 15 is 0 Å². The van der Waals surface area contributed by atoms with E-state index in [2.05, 4.69) is 37.4 Å². The lowest BCUT2D eigenvalue weighted by Gasteiger charge is -2.08. The van der Waals surface area contributed by atoms with Gasteiger partial charge in [0, 0.05) is 12.8 Å². The lowest BCUT2D eigenvalue weighted by Crippen LogP contribution is -2.11. The molecule has 1 aliphatic rings. The second-order valence-electron chi connectivity index (χ2n) is 5.53. The summed E-state index contributed by atoms with van der Waals surface area (Å²) in [6.07, 6.45) is 3.62. The zero-order chi connectivity index (χ0) is 13.0. The Morgan fingerprint density at radius 1 is 1.33 bits per heavy atom. The number of hydrogen-bond donors (Lipinski definition) is 1. The minimum Gasteiger partial charge on any atom is -0.316 e. The lowest BCUT2D eigenvalue weighted by molar-refractivity contribution is -0.118. The SMILES string of the molecule is Cc1ccc(CC(=O)CCC2CCNC2)cc1C. The molecule has 1 atom stereocenters. The van der Waals surface area contributed by atoms with E-state index < -0.39 is 0 Å². The van der Waals surface area contributed by atoms with Crippen molar-refractivity contribution in [2.75, 3.05) is 13.1 Å². The molecule has 1 heterocycles. The summed E-state index contributed by atoms with van der Waals surface area (Å²) in [5.74, 6) is 1.10. The number of aryl methyl sites for hydroxylation is 2. The molecular weight excluding hydrogens is 222 g/mol. The van der Waals surface area contributed by atoms with Crippen LogP contribution < -0.4 is 5.32 Å². The third-order valence-corrected chi connectivity index (χ3v) is 3.97. The summed E-state index contributed by atoms with van der Waals surface area (Å²) < 4.78 is 0. The van der Waals surface area contributed by atoms with Crippen molar-refractivity contribution in [1.29, 1.82) is 0 Å². The van der Waals surface area contributed by atoms with Gasteiger partial charge < -0.3 is 5.32 Å². The van der Waals surface area contributed by atoms with Crippen LogP contribution in [0.2, 0.25) is 0 Å². The summed E-state index contributed by atoms with van der Waals surface area (Å²) in [5, 5.41) is 3.35. The van der Waals surface area contributed by atoms with E-state index in [0.717, 1.165) is 31.5 Å². The first kappa shape index (κ1) is 13.3. The fraction of sp³-hybridized carbons (Fsp3) is 0.562. The average molecular weight is 245 g/mol. The number of nitrogens with one attached hydrogen (secondary N) is 1. The minimum atomic E-state index is 0.380. The van der Waals surface area contributed by atoms with Gasteiger partial charge in [0.2, 0.25) is 0 Å². The molecule has 0 amide bonds. The van der Waals surface area contributed by atoms with Crippen molar-refractivity contribution in [3.8, 4) is 0 Å². The fourth-order valence-electron chi connectivity index (χ4n) is 2.56. The molecule has 2 heteroatoms. The van der Waals surface area contributed by atoms with E-state index in [-0.39, 0.29) is 0 Å². The second-order valence-corrected chi connectivity index (χ2v) is 5.53. The standard InChI is InChI=1S/C16H23NO/c1-12-3-4-15(9-13(12)2)10-16(18)6-5-14-7-8-17-11-14/h3-4,9,14,17H,5-8,10-11H2,1-2H3.